The van der Waals surface area contributed by atoms with Gasteiger partial charge in [-0.3, -0.25) is 9.59 Å². The molecule has 5 nitrogen and oxygen atoms in total. The van der Waals surface area contributed by atoms with E-state index >= 15 is 0 Å². The molecule has 0 bridgehead atoms. The van der Waals surface area contributed by atoms with Crippen molar-refractivity contribution in [1.82, 2.24) is 0 Å². The summed E-state index contributed by atoms with van der Waals surface area (Å²) in [7, 11) is 0. The lowest BCUT2D eigenvalue weighted by Gasteiger charge is -2.33. The molecule has 172 valence electrons. The van der Waals surface area contributed by atoms with Crippen molar-refractivity contribution in [1.29, 1.82) is 0 Å². The maximum atomic E-state index is 13.2. The molecule has 33 heavy (non-hydrogen) atoms. The minimum Gasteiger partial charge on any atom is -0.454 e. The molecule has 0 spiro atoms. The van der Waals surface area contributed by atoms with Crippen molar-refractivity contribution in [2.24, 2.45) is 0 Å². The maximum Gasteiger partial charge on any atom is 0.303 e. The Morgan fingerprint density at radius 3 is 2.64 bits per heavy atom. The first-order chi connectivity index (χ1) is 15.8. The normalized spacial score (nSPS) is 20.6. The predicted molar refractivity (Wildman–Crippen MR) is 124 cm³/mol. The summed E-state index contributed by atoms with van der Waals surface area (Å²) in [6.07, 6.45) is -1.49. The monoisotopic (exact) mass is 468 g/mol. The summed E-state index contributed by atoms with van der Waals surface area (Å²) in [5, 5.41) is 9.58. The molecular weight excluding hydrogens is 443 g/mol. The van der Waals surface area contributed by atoms with Crippen molar-refractivity contribution in [3.63, 3.8) is 0 Å². The SMILES string of the molecule is CC(=O)OC1CC(c2ccc(C)c(Cc3ccc(-c4ccc(F)cc4)s3)c2)OC(CO)C1=O. The highest BCUT2D eigenvalue weighted by atomic mass is 32.1. The molecule has 1 N–H and O–H groups in total. The minimum atomic E-state index is -1.02. The molecule has 3 aromatic rings. The number of rotatable bonds is 6. The van der Waals surface area contributed by atoms with Crippen LogP contribution >= 0.6 is 11.3 Å². The summed E-state index contributed by atoms with van der Waals surface area (Å²) in [6, 6.07) is 16.6. The summed E-state index contributed by atoms with van der Waals surface area (Å²) < 4.78 is 24.3. The fourth-order valence-electron chi connectivity index (χ4n) is 4.01. The number of halogens is 1. The molecule has 0 amide bonds. The number of carbonyl (C=O) groups is 2. The average Bonchev–Trinajstić information content (AvgIpc) is 3.25. The number of esters is 1. The van der Waals surface area contributed by atoms with Gasteiger partial charge < -0.3 is 14.6 Å². The van der Waals surface area contributed by atoms with Gasteiger partial charge >= 0.3 is 5.97 Å². The van der Waals surface area contributed by atoms with E-state index in [4.69, 9.17) is 9.47 Å². The quantitative estimate of drug-likeness (QED) is 0.528. The van der Waals surface area contributed by atoms with Crippen LogP contribution in [0.1, 0.15) is 41.0 Å². The lowest BCUT2D eigenvalue weighted by Crippen LogP contribution is -2.45. The van der Waals surface area contributed by atoms with Crippen molar-refractivity contribution < 1.29 is 28.6 Å². The third-order valence-electron chi connectivity index (χ3n) is 5.77. The number of hydrogen-bond donors (Lipinski definition) is 1. The van der Waals surface area contributed by atoms with Gasteiger partial charge in [0.1, 0.15) is 11.9 Å². The molecule has 3 unspecified atom stereocenters. The summed E-state index contributed by atoms with van der Waals surface area (Å²) in [5.41, 5.74) is 4.08. The summed E-state index contributed by atoms with van der Waals surface area (Å²) in [4.78, 5) is 26.1. The van der Waals surface area contributed by atoms with Gasteiger partial charge in [-0.2, -0.15) is 0 Å². The van der Waals surface area contributed by atoms with E-state index in [9.17, 15) is 19.1 Å². The molecule has 1 fully saturated rings. The van der Waals surface area contributed by atoms with Crippen molar-refractivity contribution >= 4 is 23.1 Å². The van der Waals surface area contributed by atoms with Crippen LogP contribution in [0.4, 0.5) is 4.39 Å². The Hall–Kier alpha value is -2.87. The molecule has 0 aliphatic carbocycles. The topological polar surface area (TPSA) is 72.8 Å². The van der Waals surface area contributed by atoms with Crippen LogP contribution < -0.4 is 0 Å². The Morgan fingerprint density at radius 1 is 1.18 bits per heavy atom. The number of carbonyl (C=O) groups excluding carboxylic acids is 2. The average molecular weight is 469 g/mol. The lowest BCUT2D eigenvalue weighted by molar-refractivity contribution is -0.175. The van der Waals surface area contributed by atoms with Crippen LogP contribution in [0.25, 0.3) is 10.4 Å². The van der Waals surface area contributed by atoms with Gasteiger partial charge in [-0.15, -0.1) is 11.3 Å². The Bertz CT molecular complexity index is 1150. The third kappa shape index (κ3) is 5.38. The van der Waals surface area contributed by atoms with Crippen LogP contribution in [0, 0.1) is 12.7 Å². The number of hydrogen-bond acceptors (Lipinski definition) is 6. The standard InChI is InChI=1S/C26H25FO5S/c1-15-3-4-18(22-13-23(31-16(2)29)26(30)24(14-28)32-22)11-19(15)12-21-9-10-25(33-21)17-5-7-20(27)8-6-17/h3-11,22-24,28H,12-14H2,1-2H3. The Morgan fingerprint density at radius 2 is 1.94 bits per heavy atom. The molecular formula is C26H25FO5S. The predicted octanol–water partition coefficient (Wildman–Crippen LogP) is 4.78. The van der Waals surface area contributed by atoms with Crippen molar-refractivity contribution in [3.05, 3.63) is 82.0 Å². The van der Waals surface area contributed by atoms with Crippen molar-refractivity contribution in [3.8, 4) is 10.4 Å². The van der Waals surface area contributed by atoms with Gasteiger partial charge in [0, 0.05) is 29.5 Å². The van der Waals surface area contributed by atoms with Gasteiger partial charge in [-0.25, -0.2) is 4.39 Å². The van der Waals surface area contributed by atoms with Gasteiger partial charge in [0.15, 0.2) is 6.10 Å². The first kappa shape index (κ1) is 23.3. The molecule has 7 heteroatoms. The van der Waals surface area contributed by atoms with E-state index in [2.05, 4.69) is 6.07 Å². The fourth-order valence-corrected chi connectivity index (χ4v) is 5.04. The maximum absolute atomic E-state index is 13.2. The molecule has 2 heterocycles. The molecule has 2 aromatic carbocycles. The first-order valence-corrected chi connectivity index (χ1v) is 11.6. The first-order valence-electron chi connectivity index (χ1n) is 10.8. The highest BCUT2D eigenvalue weighted by Gasteiger charge is 2.39. The van der Waals surface area contributed by atoms with E-state index in [1.165, 1.54) is 23.9 Å². The van der Waals surface area contributed by atoms with E-state index in [1.54, 1.807) is 23.5 Å². The van der Waals surface area contributed by atoms with Gasteiger partial charge in [-0.05, 0) is 53.4 Å². The smallest absolute Gasteiger partial charge is 0.303 e. The van der Waals surface area contributed by atoms with Crippen LogP contribution in [0.3, 0.4) is 0 Å². The molecule has 4 rings (SSSR count). The van der Waals surface area contributed by atoms with Gasteiger partial charge in [-0.1, -0.05) is 30.3 Å². The van der Waals surface area contributed by atoms with E-state index in [0.717, 1.165) is 27.1 Å². The number of ketones is 1. The Balaban J connectivity index is 1.55. The molecule has 0 radical (unpaired) electrons. The highest BCUT2D eigenvalue weighted by molar-refractivity contribution is 7.15. The van der Waals surface area contributed by atoms with Gasteiger partial charge in [0.2, 0.25) is 5.78 Å². The number of benzene rings is 2. The second-order valence-electron chi connectivity index (χ2n) is 8.17. The largest absolute Gasteiger partial charge is 0.454 e. The number of aryl methyl sites for hydroxylation is 1. The second-order valence-corrected chi connectivity index (χ2v) is 9.34. The number of ether oxygens (including phenoxy) is 2. The van der Waals surface area contributed by atoms with Crippen LogP contribution in [0.5, 0.6) is 0 Å². The van der Waals surface area contributed by atoms with Crippen LogP contribution in [-0.4, -0.2) is 35.7 Å². The van der Waals surface area contributed by atoms with Crippen LogP contribution in [0.2, 0.25) is 0 Å². The molecule has 3 atom stereocenters. The Kier molecular flexibility index (Phi) is 7.02. The van der Waals surface area contributed by atoms with E-state index < -0.39 is 36.7 Å². The summed E-state index contributed by atoms with van der Waals surface area (Å²) in [6.45, 7) is 2.83. The molecule has 0 saturated carbocycles. The van der Waals surface area contributed by atoms with E-state index in [-0.39, 0.29) is 12.2 Å². The lowest BCUT2D eigenvalue weighted by atomic mass is 9.92. The third-order valence-corrected chi connectivity index (χ3v) is 6.90. The fraction of sp³-hybridized carbons (Fsp3) is 0.308. The minimum absolute atomic E-state index is 0.213. The molecule has 1 saturated heterocycles. The summed E-state index contributed by atoms with van der Waals surface area (Å²) in [5.74, 6) is -1.21. The number of aliphatic hydroxyl groups is 1. The molecule has 1 aliphatic rings. The number of aliphatic hydroxyl groups excluding tert-OH is 1. The summed E-state index contributed by atoms with van der Waals surface area (Å²) >= 11 is 1.66. The van der Waals surface area contributed by atoms with E-state index in [0.29, 0.717) is 6.42 Å². The van der Waals surface area contributed by atoms with Crippen molar-refractivity contribution in [2.75, 3.05) is 6.61 Å². The second kappa shape index (κ2) is 9.95. The zero-order valence-corrected chi connectivity index (χ0v) is 19.2. The van der Waals surface area contributed by atoms with Gasteiger partial charge in [0.25, 0.3) is 0 Å². The number of thiophene rings is 1. The zero-order valence-electron chi connectivity index (χ0n) is 18.4. The van der Waals surface area contributed by atoms with Crippen LogP contribution in [0.15, 0.2) is 54.6 Å². The van der Waals surface area contributed by atoms with Crippen LogP contribution in [-0.2, 0) is 25.5 Å². The van der Waals surface area contributed by atoms with Gasteiger partial charge in [0.05, 0.1) is 12.7 Å². The highest BCUT2D eigenvalue weighted by Crippen LogP contribution is 2.34. The Labute approximate surface area is 195 Å². The van der Waals surface area contributed by atoms with Crippen molar-refractivity contribution in [2.45, 2.75) is 45.0 Å². The molecule has 1 aromatic heterocycles. The molecule has 1 aliphatic heterocycles. The number of Topliss-reactive ketones (excluding diaryl/α,β-unsaturated/α-hetero) is 1. The zero-order chi connectivity index (χ0) is 23.5. The van der Waals surface area contributed by atoms with E-state index in [1.807, 2.05) is 31.2 Å².